The van der Waals surface area contributed by atoms with Gasteiger partial charge in [0.15, 0.2) is 5.78 Å². The normalized spacial score (nSPS) is 11.1. The van der Waals surface area contributed by atoms with Gasteiger partial charge in [0.25, 0.3) is 0 Å². The number of hydrogen-bond acceptors (Lipinski definition) is 3. The Morgan fingerprint density at radius 1 is 0.771 bits per heavy atom. The molecule has 3 nitrogen and oxygen atoms in total. The molecule has 4 heteroatoms. The summed E-state index contributed by atoms with van der Waals surface area (Å²) in [5.41, 5.74) is 1.45. The summed E-state index contributed by atoms with van der Waals surface area (Å²) in [6, 6.07) is 14.5. The molecule has 2 rings (SSSR count). The molecule has 0 fully saturated rings. The summed E-state index contributed by atoms with van der Waals surface area (Å²) in [5, 5.41) is 0. The van der Waals surface area contributed by atoms with E-state index in [2.05, 4.69) is 22.9 Å². The molecule has 0 atom stereocenters. The second-order valence-electron chi connectivity index (χ2n) is 9.24. The van der Waals surface area contributed by atoms with Crippen LogP contribution in [0.2, 0.25) is 0 Å². The maximum atomic E-state index is 12.3. The zero-order chi connectivity index (χ0) is 25.1. The SMILES string of the molecule is CCCCCCCCCCCCCCCC(=O)Oc1cccc(/C=C/C(=O)c2ccc(Br)cc2)c1. The Bertz CT molecular complexity index is 902. The lowest BCUT2D eigenvalue weighted by Crippen LogP contribution is -2.07. The predicted molar refractivity (Wildman–Crippen MR) is 150 cm³/mol. The lowest BCUT2D eigenvalue weighted by Gasteiger charge is -2.06. The van der Waals surface area contributed by atoms with E-state index in [1.807, 2.05) is 24.3 Å². The number of carbonyl (C=O) groups is 2. The number of halogens is 1. The molecule has 0 N–H and O–H groups in total. The highest BCUT2D eigenvalue weighted by atomic mass is 79.9. The van der Waals surface area contributed by atoms with E-state index in [1.54, 1.807) is 30.3 Å². The zero-order valence-corrected chi connectivity index (χ0v) is 22.9. The van der Waals surface area contributed by atoms with Gasteiger partial charge in [-0.1, -0.05) is 118 Å². The van der Waals surface area contributed by atoms with Crippen molar-refractivity contribution in [2.24, 2.45) is 0 Å². The molecule has 0 saturated heterocycles. The summed E-state index contributed by atoms with van der Waals surface area (Å²) < 4.78 is 6.44. The maximum absolute atomic E-state index is 12.3. The molecule has 0 bridgehead atoms. The van der Waals surface area contributed by atoms with Crippen molar-refractivity contribution in [2.75, 3.05) is 0 Å². The molecule has 0 aliphatic rings. The van der Waals surface area contributed by atoms with Gasteiger partial charge >= 0.3 is 5.97 Å². The number of ketones is 1. The first-order chi connectivity index (χ1) is 17.1. The van der Waals surface area contributed by atoms with Crippen LogP contribution in [0.1, 0.15) is 113 Å². The molecule has 2 aromatic rings. The molecular weight excluding hydrogens is 500 g/mol. The number of hydrogen-bond donors (Lipinski definition) is 0. The number of unbranched alkanes of at least 4 members (excludes halogenated alkanes) is 12. The summed E-state index contributed by atoms with van der Waals surface area (Å²) in [4.78, 5) is 24.5. The Hall–Kier alpha value is -2.20. The second kappa shape index (κ2) is 18.1. The molecule has 0 aromatic heterocycles. The first-order valence-electron chi connectivity index (χ1n) is 13.4. The minimum Gasteiger partial charge on any atom is -0.427 e. The van der Waals surface area contributed by atoms with E-state index in [0.717, 1.165) is 22.9 Å². The van der Waals surface area contributed by atoms with E-state index in [4.69, 9.17) is 4.74 Å². The molecular formula is C31H41BrO3. The minimum absolute atomic E-state index is 0.0673. The molecule has 2 aromatic carbocycles. The summed E-state index contributed by atoms with van der Waals surface area (Å²) in [7, 11) is 0. The number of benzene rings is 2. The average Bonchev–Trinajstić information content (AvgIpc) is 2.86. The fraction of sp³-hybridized carbons (Fsp3) is 0.484. The van der Waals surface area contributed by atoms with Crippen LogP contribution in [0.15, 0.2) is 59.1 Å². The predicted octanol–water partition coefficient (Wildman–Crippen LogP) is 9.73. The molecule has 0 aliphatic carbocycles. The Morgan fingerprint density at radius 3 is 1.94 bits per heavy atom. The molecule has 0 aliphatic heterocycles. The van der Waals surface area contributed by atoms with Gasteiger partial charge in [0.05, 0.1) is 0 Å². The Balaban J connectivity index is 1.57. The highest BCUT2D eigenvalue weighted by Gasteiger charge is 2.06. The molecule has 190 valence electrons. The molecule has 0 heterocycles. The average molecular weight is 542 g/mol. The second-order valence-corrected chi connectivity index (χ2v) is 10.2. The van der Waals surface area contributed by atoms with Crippen molar-refractivity contribution >= 4 is 33.8 Å². The standard InChI is InChI=1S/C31H41BrO3/c1-2-3-4-5-6-7-8-9-10-11-12-13-14-18-31(34)35-29-17-15-16-26(25-29)19-24-30(33)27-20-22-28(32)23-21-27/h15-17,19-25H,2-14,18H2,1H3/b24-19+. The van der Waals surface area contributed by atoms with E-state index >= 15 is 0 Å². The fourth-order valence-corrected chi connectivity index (χ4v) is 4.30. The van der Waals surface area contributed by atoms with Gasteiger partial charge in [0.1, 0.15) is 5.75 Å². The quantitative estimate of drug-likeness (QED) is 0.0620. The van der Waals surface area contributed by atoms with Crippen LogP contribution in [0.5, 0.6) is 5.75 Å². The largest absolute Gasteiger partial charge is 0.427 e. The maximum Gasteiger partial charge on any atom is 0.311 e. The fourth-order valence-electron chi connectivity index (χ4n) is 4.03. The zero-order valence-electron chi connectivity index (χ0n) is 21.3. The van der Waals surface area contributed by atoms with Gasteiger partial charge in [0, 0.05) is 16.5 Å². The van der Waals surface area contributed by atoms with Crippen molar-refractivity contribution in [2.45, 2.75) is 96.8 Å². The number of allylic oxidation sites excluding steroid dienone is 1. The van der Waals surface area contributed by atoms with Crippen molar-refractivity contribution in [3.05, 3.63) is 70.2 Å². The summed E-state index contributed by atoms with van der Waals surface area (Å²) in [6.07, 6.45) is 20.4. The smallest absolute Gasteiger partial charge is 0.311 e. The van der Waals surface area contributed by atoms with Gasteiger partial charge in [-0.2, -0.15) is 0 Å². The van der Waals surface area contributed by atoms with E-state index < -0.39 is 0 Å². The topological polar surface area (TPSA) is 43.4 Å². The van der Waals surface area contributed by atoms with Gasteiger partial charge in [-0.25, -0.2) is 0 Å². The van der Waals surface area contributed by atoms with Crippen LogP contribution in [0.3, 0.4) is 0 Å². The van der Waals surface area contributed by atoms with Crippen LogP contribution in [-0.4, -0.2) is 11.8 Å². The first-order valence-corrected chi connectivity index (χ1v) is 14.2. The monoisotopic (exact) mass is 540 g/mol. The third-order valence-electron chi connectivity index (χ3n) is 6.13. The number of esters is 1. The van der Waals surface area contributed by atoms with Gasteiger partial charge in [0.2, 0.25) is 0 Å². The van der Waals surface area contributed by atoms with Crippen LogP contribution in [0, 0.1) is 0 Å². The van der Waals surface area contributed by atoms with E-state index in [-0.39, 0.29) is 11.8 Å². The van der Waals surface area contributed by atoms with Crippen molar-refractivity contribution in [1.29, 1.82) is 0 Å². The van der Waals surface area contributed by atoms with Crippen LogP contribution >= 0.6 is 15.9 Å². The Labute approximate surface area is 220 Å². The van der Waals surface area contributed by atoms with Gasteiger partial charge < -0.3 is 4.74 Å². The minimum atomic E-state index is -0.194. The van der Waals surface area contributed by atoms with Crippen molar-refractivity contribution in [1.82, 2.24) is 0 Å². The number of carbonyl (C=O) groups excluding carboxylic acids is 2. The van der Waals surface area contributed by atoms with Crippen molar-refractivity contribution in [3.8, 4) is 5.75 Å². The van der Waals surface area contributed by atoms with Gasteiger partial charge in [-0.05, 0) is 54.5 Å². The molecule has 0 saturated carbocycles. The van der Waals surface area contributed by atoms with E-state index in [1.165, 1.54) is 76.7 Å². The lowest BCUT2D eigenvalue weighted by molar-refractivity contribution is -0.134. The third-order valence-corrected chi connectivity index (χ3v) is 6.66. The molecule has 0 unspecified atom stereocenters. The molecule has 35 heavy (non-hydrogen) atoms. The Morgan fingerprint density at radius 2 is 1.34 bits per heavy atom. The first kappa shape index (κ1) is 29.0. The van der Waals surface area contributed by atoms with Crippen LogP contribution in [-0.2, 0) is 4.79 Å². The van der Waals surface area contributed by atoms with Crippen molar-refractivity contribution in [3.63, 3.8) is 0 Å². The van der Waals surface area contributed by atoms with E-state index in [0.29, 0.717) is 17.7 Å². The molecule has 0 spiro atoms. The van der Waals surface area contributed by atoms with Gasteiger partial charge in [-0.15, -0.1) is 0 Å². The molecule has 0 amide bonds. The number of ether oxygens (including phenoxy) is 1. The van der Waals surface area contributed by atoms with Crippen molar-refractivity contribution < 1.29 is 14.3 Å². The highest BCUT2D eigenvalue weighted by molar-refractivity contribution is 9.10. The van der Waals surface area contributed by atoms with Crippen LogP contribution < -0.4 is 4.74 Å². The third kappa shape index (κ3) is 13.5. The molecule has 0 radical (unpaired) electrons. The van der Waals surface area contributed by atoms with Gasteiger partial charge in [-0.3, -0.25) is 9.59 Å². The summed E-state index contributed by atoms with van der Waals surface area (Å²) >= 11 is 3.37. The number of rotatable bonds is 18. The lowest BCUT2D eigenvalue weighted by atomic mass is 10.0. The summed E-state index contributed by atoms with van der Waals surface area (Å²) in [5.74, 6) is 0.255. The van der Waals surface area contributed by atoms with E-state index in [9.17, 15) is 9.59 Å². The van der Waals surface area contributed by atoms with Crippen LogP contribution in [0.4, 0.5) is 0 Å². The summed E-state index contributed by atoms with van der Waals surface area (Å²) in [6.45, 7) is 2.26. The van der Waals surface area contributed by atoms with Crippen LogP contribution in [0.25, 0.3) is 6.08 Å². The Kier molecular flexibility index (Phi) is 15.0. The highest BCUT2D eigenvalue weighted by Crippen LogP contribution is 2.18.